The van der Waals surface area contributed by atoms with E-state index in [0.717, 1.165) is 50.5 Å². The van der Waals surface area contributed by atoms with Crippen LogP contribution in [0.1, 0.15) is 25.3 Å². The lowest BCUT2D eigenvalue weighted by Gasteiger charge is -2.24. The van der Waals surface area contributed by atoms with Crippen molar-refractivity contribution in [2.75, 3.05) is 30.0 Å². The molecule has 0 radical (unpaired) electrons. The number of benzene rings is 1. The molecule has 8 heteroatoms. The minimum atomic E-state index is -4.25. The third kappa shape index (κ3) is 4.22. The first-order valence-electron chi connectivity index (χ1n) is 9.41. The second-order valence-electron chi connectivity index (χ2n) is 7.37. The molecule has 1 spiro atoms. The molecular formula is C20H23F3N4S. The Morgan fingerprint density at radius 2 is 1.93 bits per heavy atom. The summed E-state index contributed by atoms with van der Waals surface area (Å²) < 4.78 is 37.6. The largest absolute Gasteiger partial charge is 0.446 e. The van der Waals surface area contributed by atoms with Gasteiger partial charge in [-0.25, -0.2) is 0 Å². The van der Waals surface area contributed by atoms with E-state index >= 15 is 0 Å². The smallest absolute Gasteiger partial charge is 0.384 e. The molecule has 2 fully saturated rings. The molecule has 1 saturated heterocycles. The molecule has 0 amide bonds. The maximum Gasteiger partial charge on any atom is 0.446 e. The standard InChI is InChI=1S/C20H23F3N4S/c1-2-25-18-11-24-10-7-15(18)12-27-14-26(13-19(27)8-9-19)16-3-5-17(6-4-16)28-20(21,22)23/h3-7,10-11,25H,2,8-9,12-14H2,1H3. The Balaban J connectivity index is 1.47. The van der Waals surface area contributed by atoms with Gasteiger partial charge in [-0.3, -0.25) is 9.88 Å². The minimum Gasteiger partial charge on any atom is -0.384 e. The molecule has 2 aliphatic rings. The molecule has 0 unspecified atom stereocenters. The summed E-state index contributed by atoms with van der Waals surface area (Å²) in [5, 5.41) is 3.37. The fourth-order valence-corrected chi connectivity index (χ4v) is 4.39. The number of thioether (sulfide) groups is 1. The van der Waals surface area contributed by atoms with E-state index in [2.05, 4.69) is 33.1 Å². The molecule has 4 rings (SSSR count). The van der Waals surface area contributed by atoms with Crippen molar-refractivity contribution < 1.29 is 13.2 Å². The van der Waals surface area contributed by atoms with E-state index in [-0.39, 0.29) is 22.2 Å². The van der Waals surface area contributed by atoms with E-state index in [1.54, 1.807) is 24.3 Å². The van der Waals surface area contributed by atoms with Crippen molar-refractivity contribution in [1.29, 1.82) is 0 Å². The lowest BCUT2D eigenvalue weighted by molar-refractivity contribution is -0.0328. The molecule has 1 aliphatic heterocycles. The Hall–Kier alpha value is -1.93. The molecule has 1 aliphatic carbocycles. The van der Waals surface area contributed by atoms with Crippen molar-refractivity contribution in [1.82, 2.24) is 9.88 Å². The van der Waals surface area contributed by atoms with Gasteiger partial charge in [-0.15, -0.1) is 0 Å². The summed E-state index contributed by atoms with van der Waals surface area (Å²) >= 11 is -0.0692. The summed E-state index contributed by atoms with van der Waals surface area (Å²) in [7, 11) is 0. The average molecular weight is 408 g/mol. The van der Waals surface area contributed by atoms with Crippen molar-refractivity contribution in [3.8, 4) is 0 Å². The average Bonchev–Trinajstić information content (AvgIpc) is 3.33. The summed E-state index contributed by atoms with van der Waals surface area (Å²) in [6.07, 6.45) is 6.00. The highest BCUT2D eigenvalue weighted by Gasteiger charge is 2.53. The van der Waals surface area contributed by atoms with E-state index < -0.39 is 5.51 Å². The van der Waals surface area contributed by atoms with Crippen molar-refractivity contribution >= 4 is 23.1 Å². The third-order valence-electron chi connectivity index (χ3n) is 5.40. The van der Waals surface area contributed by atoms with Crippen LogP contribution in [0.5, 0.6) is 0 Å². The second-order valence-corrected chi connectivity index (χ2v) is 8.50. The van der Waals surface area contributed by atoms with Crippen LogP contribution in [-0.2, 0) is 6.54 Å². The van der Waals surface area contributed by atoms with Gasteiger partial charge in [0.25, 0.3) is 0 Å². The maximum absolute atomic E-state index is 12.5. The van der Waals surface area contributed by atoms with Gasteiger partial charge in [-0.05, 0) is 67.4 Å². The van der Waals surface area contributed by atoms with Crippen molar-refractivity contribution in [2.24, 2.45) is 0 Å². The van der Waals surface area contributed by atoms with Crippen molar-refractivity contribution in [2.45, 2.75) is 42.3 Å². The number of rotatable bonds is 6. The van der Waals surface area contributed by atoms with Gasteiger partial charge in [-0.2, -0.15) is 13.2 Å². The molecule has 0 atom stereocenters. The molecule has 150 valence electrons. The number of nitrogens with zero attached hydrogens (tertiary/aromatic N) is 3. The molecule has 2 heterocycles. The van der Waals surface area contributed by atoms with Crippen molar-refractivity contribution in [3.05, 3.63) is 48.3 Å². The summed E-state index contributed by atoms with van der Waals surface area (Å²) in [5.41, 5.74) is -0.804. The zero-order valence-corrected chi connectivity index (χ0v) is 16.5. The molecule has 1 saturated carbocycles. The Morgan fingerprint density at radius 3 is 2.57 bits per heavy atom. The molecule has 4 nitrogen and oxygen atoms in total. The summed E-state index contributed by atoms with van der Waals surface area (Å²) in [5.74, 6) is 0. The fraction of sp³-hybridized carbons (Fsp3) is 0.450. The SMILES string of the molecule is CCNc1cnccc1CN1CN(c2ccc(SC(F)(F)F)cc2)CC12CC2. The number of halogens is 3. The highest BCUT2D eigenvalue weighted by molar-refractivity contribution is 8.00. The van der Waals surface area contributed by atoms with E-state index in [1.807, 2.05) is 12.4 Å². The number of nitrogens with one attached hydrogen (secondary N) is 1. The first-order chi connectivity index (χ1) is 13.4. The number of alkyl halides is 3. The second kappa shape index (κ2) is 7.48. The van der Waals surface area contributed by atoms with Crippen LogP contribution >= 0.6 is 11.8 Å². The van der Waals surface area contributed by atoms with Crippen molar-refractivity contribution in [3.63, 3.8) is 0 Å². The predicted molar refractivity (Wildman–Crippen MR) is 106 cm³/mol. The van der Waals surface area contributed by atoms with Crippen LogP contribution in [0.2, 0.25) is 0 Å². The number of aromatic nitrogens is 1. The number of pyridine rings is 1. The van der Waals surface area contributed by atoms with E-state index in [9.17, 15) is 13.2 Å². The zero-order valence-electron chi connectivity index (χ0n) is 15.7. The Bertz CT molecular complexity index is 821. The third-order valence-corrected chi connectivity index (χ3v) is 6.14. The van der Waals surface area contributed by atoms with Crippen LogP contribution in [0.3, 0.4) is 0 Å². The van der Waals surface area contributed by atoms with E-state index in [0.29, 0.717) is 0 Å². The molecule has 1 aromatic heterocycles. The molecule has 28 heavy (non-hydrogen) atoms. The van der Waals surface area contributed by atoms with Crippen LogP contribution in [0.15, 0.2) is 47.6 Å². The zero-order chi connectivity index (χ0) is 19.8. The molecule has 1 aromatic carbocycles. The molecule has 1 N–H and O–H groups in total. The molecular weight excluding hydrogens is 385 g/mol. The van der Waals surface area contributed by atoms with Crippen LogP contribution in [0, 0.1) is 0 Å². The van der Waals surface area contributed by atoms with Gasteiger partial charge >= 0.3 is 5.51 Å². The summed E-state index contributed by atoms with van der Waals surface area (Å²) in [6.45, 7) is 5.44. The van der Waals surface area contributed by atoms with E-state index in [1.165, 1.54) is 5.56 Å². The first-order valence-corrected chi connectivity index (χ1v) is 10.2. The minimum absolute atomic E-state index is 0.0692. The van der Waals surface area contributed by atoms with Gasteiger partial charge in [0.15, 0.2) is 0 Å². The monoisotopic (exact) mass is 408 g/mol. The Morgan fingerprint density at radius 1 is 1.18 bits per heavy atom. The maximum atomic E-state index is 12.5. The van der Waals surface area contributed by atoms with Gasteiger partial charge in [0.1, 0.15) is 0 Å². The molecule has 0 bridgehead atoms. The summed E-state index contributed by atoms with van der Waals surface area (Å²) in [6, 6.07) is 8.76. The highest BCUT2D eigenvalue weighted by Crippen LogP contribution is 2.48. The lowest BCUT2D eigenvalue weighted by Crippen LogP contribution is -2.32. The summed E-state index contributed by atoms with van der Waals surface area (Å²) in [4.78, 5) is 9.19. The van der Waals surface area contributed by atoms with Crippen LogP contribution in [0.4, 0.5) is 24.5 Å². The van der Waals surface area contributed by atoms with Gasteiger partial charge in [0.05, 0.1) is 18.6 Å². The van der Waals surface area contributed by atoms with Crippen LogP contribution in [0.25, 0.3) is 0 Å². The number of hydrogen-bond acceptors (Lipinski definition) is 5. The quantitative estimate of drug-likeness (QED) is 0.685. The number of anilines is 2. The van der Waals surface area contributed by atoms with Crippen LogP contribution in [-0.4, -0.2) is 40.7 Å². The highest BCUT2D eigenvalue weighted by atomic mass is 32.2. The molecule has 2 aromatic rings. The van der Waals surface area contributed by atoms with Gasteiger partial charge in [0, 0.05) is 42.0 Å². The fourth-order valence-electron chi connectivity index (χ4n) is 3.85. The van der Waals surface area contributed by atoms with Crippen LogP contribution < -0.4 is 10.2 Å². The Labute approximate surface area is 167 Å². The van der Waals surface area contributed by atoms with Gasteiger partial charge in [0.2, 0.25) is 0 Å². The van der Waals surface area contributed by atoms with E-state index in [4.69, 9.17) is 0 Å². The lowest BCUT2D eigenvalue weighted by atomic mass is 10.1. The Kier molecular flexibility index (Phi) is 5.18. The van der Waals surface area contributed by atoms with Gasteiger partial charge in [-0.1, -0.05) is 0 Å². The first kappa shape index (κ1) is 19.4. The number of hydrogen-bond donors (Lipinski definition) is 1. The predicted octanol–water partition coefficient (Wildman–Crippen LogP) is 4.94. The topological polar surface area (TPSA) is 31.4 Å². The normalized spacial score (nSPS) is 18.6. The van der Waals surface area contributed by atoms with Gasteiger partial charge < -0.3 is 10.2 Å².